The predicted molar refractivity (Wildman–Crippen MR) is 151 cm³/mol. The van der Waals surface area contributed by atoms with E-state index in [0.717, 1.165) is 49.7 Å². The molecule has 0 saturated carbocycles. The molecule has 9 heteroatoms. The molecule has 1 aliphatic rings. The second kappa shape index (κ2) is 11.1. The number of halogens is 1. The first-order valence-corrected chi connectivity index (χ1v) is 13.3. The zero-order valence-corrected chi connectivity index (χ0v) is 22.9. The molecule has 0 unspecified atom stereocenters. The summed E-state index contributed by atoms with van der Waals surface area (Å²) in [5.41, 5.74) is 4.77. The standard InChI is InChI=1S/C30H35FN6O2/c1-30(2,3)39-29(38)33-18-23-10-9-22(17-25(23)31)24-11-12-32-28-26(24)34-27(35-28)21-7-5-20(6-8-21)19-37-15-13-36(4)14-16-37/h5-12,17H,13-16,18-19H2,1-4H3,(H,33,38)(H,32,34,35). The Morgan fingerprint density at radius 3 is 2.46 bits per heavy atom. The van der Waals surface area contributed by atoms with Gasteiger partial charge in [0.2, 0.25) is 0 Å². The van der Waals surface area contributed by atoms with Gasteiger partial charge in [-0.15, -0.1) is 0 Å². The molecule has 1 amide bonds. The first kappa shape index (κ1) is 26.8. The number of aromatic nitrogens is 3. The third-order valence-corrected chi connectivity index (χ3v) is 6.80. The van der Waals surface area contributed by atoms with Crippen molar-refractivity contribution in [3.63, 3.8) is 0 Å². The summed E-state index contributed by atoms with van der Waals surface area (Å²) in [7, 11) is 2.16. The van der Waals surface area contributed by atoms with Crippen LogP contribution in [0.4, 0.5) is 9.18 Å². The fourth-order valence-corrected chi connectivity index (χ4v) is 4.65. The number of hydrogen-bond donors (Lipinski definition) is 2. The molecule has 204 valence electrons. The lowest BCUT2D eigenvalue weighted by molar-refractivity contribution is 0.0523. The first-order valence-electron chi connectivity index (χ1n) is 13.3. The summed E-state index contributed by atoms with van der Waals surface area (Å²) in [6, 6.07) is 15.2. The highest BCUT2D eigenvalue weighted by Gasteiger charge is 2.18. The van der Waals surface area contributed by atoms with Crippen LogP contribution < -0.4 is 5.32 Å². The summed E-state index contributed by atoms with van der Waals surface area (Å²) in [5, 5.41) is 2.60. The topological polar surface area (TPSA) is 86.4 Å². The van der Waals surface area contributed by atoms with E-state index in [9.17, 15) is 9.18 Å². The van der Waals surface area contributed by atoms with E-state index in [1.54, 1.807) is 33.0 Å². The molecule has 2 N–H and O–H groups in total. The Balaban J connectivity index is 1.31. The highest BCUT2D eigenvalue weighted by atomic mass is 19.1. The number of H-pyrrole nitrogens is 1. The largest absolute Gasteiger partial charge is 0.444 e. The molecule has 8 nitrogen and oxygen atoms in total. The molecule has 2 aromatic heterocycles. The quantitative estimate of drug-likeness (QED) is 0.356. The van der Waals surface area contributed by atoms with Crippen molar-refractivity contribution in [3.05, 3.63) is 71.7 Å². The molecule has 3 heterocycles. The fraction of sp³-hybridized carbons (Fsp3) is 0.367. The van der Waals surface area contributed by atoms with Gasteiger partial charge in [0.25, 0.3) is 0 Å². The van der Waals surface area contributed by atoms with Gasteiger partial charge in [-0.1, -0.05) is 36.4 Å². The number of rotatable bonds is 6. The van der Waals surface area contributed by atoms with E-state index in [0.29, 0.717) is 22.3 Å². The van der Waals surface area contributed by atoms with E-state index in [2.05, 4.69) is 56.4 Å². The average Bonchev–Trinajstić information content (AvgIpc) is 3.33. The molecular weight excluding hydrogens is 495 g/mol. The van der Waals surface area contributed by atoms with E-state index in [1.807, 2.05) is 12.1 Å². The Labute approximate surface area is 228 Å². The number of imidazole rings is 1. The van der Waals surface area contributed by atoms with Crippen molar-refractivity contribution in [1.82, 2.24) is 30.1 Å². The second-order valence-corrected chi connectivity index (χ2v) is 11.1. The number of piperazine rings is 1. The number of likely N-dealkylation sites (N-methyl/N-ethyl adjacent to an activating group) is 1. The van der Waals surface area contributed by atoms with E-state index in [-0.39, 0.29) is 6.54 Å². The number of carbonyl (C=O) groups is 1. The van der Waals surface area contributed by atoms with Crippen molar-refractivity contribution in [2.75, 3.05) is 33.2 Å². The maximum atomic E-state index is 15.0. The SMILES string of the molecule is CN1CCN(Cc2ccc(-c3nc4c(-c5ccc(CNC(=O)OC(C)(C)C)c(F)c5)ccnc4[nH]3)cc2)CC1. The maximum Gasteiger partial charge on any atom is 0.407 e. The average molecular weight is 531 g/mol. The van der Waals surface area contributed by atoms with Crippen LogP contribution in [0.1, 0.15) is 31.9 Å². The fourth-order valence-electron chi connectivity index (χ4n) is 4.65. The number of ether oxygens (including phenoxy) is 1. The lowest BCUT2D eigenvalue weighted by Gasteiger charge is -2.32. The van der Waals surface area contributed by atoms with Gasteiger partial charge in [-0.25, -0.2) is 19.2 Å². The van der Waals surface area contributed by atoms with E-state index in [4.69, 9.17) is 9.72 Å². The number of nitrogens with one attached hydrogen (secondary N) is 2. The number of fused-ring (bicyclic) bond motifs is 1. The highest BCUT2D eigenvalue weighted by Crippen LogP contribution is 2.30. The first-order chi connectivity index (χ1) is 18.6. The molecule has 5 rings (SSSR count). The Kier molecular flexibility index (Phi) is 7.63. The molecular formula is C30H35FN6O2. The number of carbonyl (C=O) groups excluding carboxylic acids is 1. The smallest absolute Gasteiger partial charge is 0.407 e. The zero-order chi connectivity index (χ0) is 27.6. The third kappa shape index (κ3) is 6.61. The number of pyridine rings is 1. The van der Waals surface area contributed by atoms with Gasteiger partial charge in [0, 0.05) is 62.2 Å². The molecule has 0 atom stereocenters. The molecule has 1 saturated heterocycles. The van der Waals surface area contributed by atoms with Crippen molar-refractivity contribution in [2.24, 2.45) is 0 Å². The monoisotopic (exact) mass is 530 g/mol. The molecule has 0 radical (unpaired) electrons. The molecule has 1 fully saturated rings. The van der Waals surface area contributed by atoms with E-state index >= 15 is 0 Å². The van der Waals surface area contributed by atoms with Gasteiger partial charge < -0.3 is 19.9 Å². The van der Waals surface area contributed by atoms with Crippen LogP contribution in [0.15, 0.2) is 54.7 Å². The van der Waals surface area contributed by atoms with Crippen LogP contribution in [-0.4, -0.2) is 69.7 Å². The van der Waals surface area contributed by atoms with Crippen molar-refractivity contribution in [2.45, 2.75) is 39.5 Å². The predicted octanol–water partition coefficient (Wildman–Crippen LogP) is 5.20. The van der Waals surface area contributed by atoms with E-state index in [1.165, 1.54) is 11.6 Å². The molecule has 0 spiro atoms. The van der Waals surface area contributed by atoms with Gasteiger partial charge in [-0.2, -0.15) is 0 Å². The summed E-state index contributed by atoms with van der Waals surface area (Å²) < 4.78 is 20.2. The van der Waals surface area contributed by atoms with Crippen LogP contribution in [0.3, 0.4) is 0 Å². The number of benzene rings is 2. The van der Waals surface area contributed by atoms with Gasteiger partial charge in [0.05, 0.1) is 0 Å². The molecule has 4 aromatic rings. The van der Waals surface area contributed by atoms with Crippen LogP contribution in [0.25, 0.3) is 33.7 Å². The normalized spacial score (nSPS) is 15.0. The number of aromatic amines is 1. The van der Waals surface area contributed by atoms with E-state index < -0.39 is 17.5 Å². The summed E-state index contributed by atoms with van der Waals surface area (Å²) in [6.45, 7) is 10.7. The number of alkyl carbamates (subject to hydrolysis) is 1. The Morgan fingerprint density at radius 2 is 1.77 bits per heavy atom. The lowest BCUT2D eigenvalue weighted by atomic mass is 10.0. The highest BCUT2D eigenvalue weighted by molar-refractivity contribution is 5.91. The lowest BCUT2D eigenvalue weighted by Crippen LogP contribution is -2.43. The molecule has 39 heavy (non-hydrogen) atoms. The summed E-state index contributed by atoms with van der Waals surface area (Å²) in [5.74, 6) is 0.301. The van der Waals surface area contributed by atoms with Crippen LogP contribution in [0.5, 0.6) is 0 Å². The van der Waals surface area contributed by atoms with Gasteiger partial charge in [0.15, 0.2) is 5.65 Å². The van der Waals surface area contributed by atoms with Gasteiger partial charge in [0.1, 0.15) is 22.8 Å². The Morgan fingerprint density at radius 1 is 1.05 bits per heavy atom. The van der Waals surface area contributed by atoms with Gasteiger partial charge >= 0.3 is 6.09 Å². The number of hydrogen-bond acceptors (Lipinski definition) is 6. The molecule has 1 aliphatic heterocycles. The Hall–Kier alpha value is -3.82. The van der Waals surface area contributed by atoms with Crippen molar-refractivity contribution in [1.29, 1.82) is 0 Å². The van der Waals surface area contributed by atoms with Crippen LogP contribution in [-0.2, 0) is 17.8 Å². The molecule has 2 aromatic carbocycles. The zero-order valence-electron chi connectivity index (χ0n) is 22.9. The summed E-state index contributed by atoms with van der Waals surface area (Å²) in [6.07, 6.45) is 1.10. The number of amides is 1. The summed E-state index contributed by atoms with van der Waals surface area (Å²) >= 11 is 0. The number of nitrogens with zero attached hydrogens (tertiary/aromatic N) is 4. The molecule has 0 bridgehead atoms. The third-order valence-electron chi connectivity index (χ3n) is 6.80. The maximum absolute atomic E-state index is 15.0. The Bertz CT molecular complexity index is 1450. The van der Waals surface area contributed by atoms with Crippen molar-refractivity contribution in [3.8, 4) is 22.5 Å². The summed E-state index contributed by atoms with van der Waals surface area (Å²) in [4.78, 5) is 29.4. The van der Waals surface area contributed by atoms with Gasteiger partial charge in [-0.05, 0) is 51.1 Å². The van der Waals surface area contributed by atoms with Crippen LogP contribution >= 0.6 is 0 Å². The second-order valence-electron chi connectivity index (χ2n) is 11.1. The minimum Gasteiger partial charge on any atom is -0.444 e. The van der Waals surface area contributed by atoms with Crippen molar-refractivity contribution < 1.29 is 13.9 Å². The van der Waals surface area contributed by atoms with Crippen LogP contribution in [0.2, 0.25) is 0 Å². The van der Waals surface area contributed by atoms with Crippen molar-refractivity contribution >= 4 is 17.3 Å². The molecule has 0 aliphatic carbocycles. The minimum atomic E-state index is -0.617. The van der Waals surface area contributed by atoms with Gasteiger partial charge in [-0.3, -0.25) is 4.90 Å². The minimum absolute atomic E-state index is 0.0319. The van der Waals surface area contributed by atoms with Crippen LogP contribution in [0, 0.1) is 5.82 Å².